The molecule has 0 spiro atoms. The van der Waals surface area contributed by atoms with Crippen LogP contribution in [0.5, 0.6) is 0 Å². The Morgan fingerprint density at radius 3 is 1.96 bits per heavy atom. The molecule has 2 aromatic rings. The molecule has 27 heavy (non-hydrogen) atoms. The molecule has 1 aliphatic rings. The molecule has 1 atom stereocenters. The second-order valence-corrected chi connectivity index (χ2v) is 8.99. The maximum absolute atomic E-state index is 13.4. The van der Waals surface area contributed by atoms with Crippen molar-refractivity contribution in [1.82, 2.24) is 9.21 Å². The van der Waals surface area contributed by atoms with Gasteiger partial charge in [-0.2, -0.15) is 4.31 Å². The molecule has 6 heteroatoms. The van der Waals surface area contributed by atoms with E-state index in [0.717, 1.165) is 24.0 Å². The first-order chi connectivity index (χ1) is 12.9. The molecule has 3 rings (SSSR count). The minimum atomic E-state index is -3.41. The molecule has 0 radical (unpaired) electrons. The molecule has 1 aliphatic heterocycles. The first kappa shape index (κ1) is 19.6. The van der Waals surface area contributed by atoms with Crippen molar-refractivity contribution >= 4 is 15.9 Å². The molecule has 0 saturated carbocycles. The van der Waals surface area contributed by atoms with E-state index in [-0.39, 0.29) is 5.91 Å². The Bertz CT molecular complexity index is 812. The van der Waals surface area contributed by atoms with Gasteiger partial charge in [0.25, 0.3) is 0 Å². The topological polar surface area (TPSA) is 57.7 Å². The number of benzene rings is 2. The lowest BCUT2D eigenvalue weighted by atomic mass is 10.0. The van der Waals surface area contributed by atoms with E-state index in [0.29, 0.717) is 26.1 Å². The van der Waals surface area contributed by atoms with Gasteiger partial charge < -0.3 is 4.90 Å². The van der Waals surface area contributed by atoms with Crippen LogP contribution in [0.25, 0.3) is 0 Å². The molecule has 1 unspecified atom stereocenters. The van der Waals surface area contributed by atoms with E-state index in [4.69, 9.17) is 0 Å². The largest absolute Gasteiger partial charge is 0.333 e. The normalized spacial score (nSPS) is 18.2. The summed E-state index contributed by atoms with van der Waals surface area (Å²) in [5, 5.41) is 0. The van der Waals surface area contributed by atoms with Gasteiger partial charge in [0.05, 0.1) is 6.26 Å². The summed E-state index contributed by atoms with van der Waals surface area (Å²) >= 11 is 0. The standard InChI is InChI=1S/C21H26N2O3S/c1-27(25,26)23-15-9-8-14-20(23)21(24)22(16-18-10-4-2-5-11-18)17-19-12-6-3-7-13-19/h2-7,10-13,20H,8-9,14-17H2,1H3. The molecule has 5 nitrogen and oxygen atoms in total. The lowest BCUT2D eigenvalue weighted by Gasteiger charge is -2.36. The van der Waals surface area contributed by atoms with Crippen molar-refractivity contribution in [3.63, 3.8) is 0 Å². The molecule has 1 saturated heterocycles. The van der Waals surface area contributed by atoms with E-state index in [9.17, 15) is 13.2 Å². The van der Waals surface area contributed by atoms with Crippen LogP contribution in [0.4, 0.5) is 0 Å². The highest BCUT2D eigenvalue weighted by molar-refractivity contribution is 7.88. The number of hydrogen-bond donors (Lipinski definition) is 0. The van der Waals surface area contributed by atoms with Crippen molar-refractivity contribution in [3.8, 4) is 0 Å². The third-order valence-electron chi connectivity index (χ3n) is 4.91. The van der Waals surface area contributed by atoms with Gasteiger partial charge >= 0.3 is 0 Å². The van der Waals surface area contributed by atoms with E-state index in [1.807, 2.05) is 60.7 Å². The third-order valence-corrected chi connectivity index (χ3v) is 6.20. The number of sulfonamides is 1. The van der Waals surface area contributed by atoms with Crippen molar-refractivity contribution < 1.29 is 13.2 Å². The Kier molecular flexibility index (Phi) is 6.29. The first-order valence-corrected chi connectivity index (χ1v) is 11.1. The summed E-state index contributed by atoms with van der Waals surface area (Å²) < 4.78 is 25.8. The van der Waals surface area contributed by atoms with Crippen LogP contribution in [0.3, 0.4) is 0 Å². The van der Waals surface area contributed by atoms with Gasteiger partial charge in [-0.1, -0.05) is 67.1 Å². The number of carbonyl (C=O) groups excluding carboxylic acids is 1. The fraction of sp³-hybridized carbons (Fsp3) is 0.381. The monoisotopic (exact) mass is 386 g/mol. The van der Waals surface area contributed by atoms with Crippen LogP contribution in [0, 0.1) is 0 Å². The van der Waals surface area contributed by atoms with Crippen LogP contribution in [0.2, 0.25) is 0 Å². The minimum Gasteiger partial charge on any atom is -0.333 e. The van der Waals surface area contributed by atoms with Gasteiger partial charge in [0, 0.05) is 19.6 Å². The molecule has 144 valence electrons. The lowest BCUT2D eigenvalue weighted by Crippen LogP contribution is -2.52. The van der Waals surface area contributed by atoms with Crippen LogP contribution in [-0.2, 0) is 27.9 Å². The second kappa shape index (κ2) is 8.67. The van der Waals surface area contributed by atoms with E-state index >= 15 is 0 Å². The van der Waals surface area contributed by atoms with Gasteiger partial charge in [0.2, 0.25) is 15.9 Å². The van der Waals surface area contributed by atoms with Crippen LogP contribution >= 0.6 is 0 Å². The van der Waals surface area contributed by atoms with Crippen LogP contribution in [0.1, 0.15) is 30.4 Å². The van der Waals surface area contributed by atoms with E-state index < -0.39 is 16.1 Å². The Morgan fingerprint density at radius 1 is 0.963 bits per heavy atom. The van der Waals surface area contributed by atoms with Gasteiger partial charge in [0.1, 0.15) is 6.04 Å². The zero-order chi connectivity index (χ0) is 19.3. The summed E-state index contributed by atoms with van der Waals surface area (Å²) in [6.07, 6.45) is 3.43. The third kappa shape index (κ3) is 5.17. The predicted octanol–water partition coefficient (Wildman–Crippen LogP) is 3.03. The maximum atomic E-state index is 13.4. The first-order valence-electron chi connectivity index (χ1n) is 9.28. The number of piperidine rings is 1. The number of nitrogens with zero attached hydrogens (tertiary/aromatic N) is 2. The Labute approximate surface area is 161 Å². The lowest BCUT2D eigenvalue weighted by molar-refractivity contribution is -0.137. The maximum Gasteiger partial charge on any atom is 0.241 e. The number of amides is 1. The van der Waals surface area contributed by atoms with Gasteiger partial charge in [0.15, 0.2) is 0 Å². The molecule has 1 heterocycles. The van der Waals surface area contributed by atoms with Crippen LogP contribution in [-0.4, -0.2) is 42.4 Å². The Morgan fingerprint density at radius 2 is 1.48 bits per heavy atom. The molecular weight excluding hydrogens is 360 g/mol. The predicted molar refractivity (Wildman–Crippen MR) is 106 cm³/mol. The van der Waals surface area contributed by atoms with Crippen molar-refractivity contribution in [1.29, 1.82) is 0 Å². The highest BCUT2D eigenvalue weighted by Crippen LogP contribution is 2.23. The summed E-state index contributed by atoms with van der Waals surface area (Å²) in [5.41, 5.74) is 2.06. The number of carbonyl (C=O) groups is 1. The van der Waals surface area contributed by atoms with Gasteiger partial charge in [-0.05, 0) is 24.0 Å². The average molecular weight is 387 g/mol. The average Bonchev–Trinajstić information content (AvgIpc) is 2.68. The van der Waals surface area contributed by atoms with Gasteiger partial charge in [-0.25, -0.2) is 8.42 Å². The van der Waals surface area contributed by atoms with Crippen LogP contribution in [0.15, 0.2) is 60.7 Å². The fourth-order valence-corrected chi connectivity index (χ4v) is 4.70. The Hall–Kier alpha value is -2.18. The van der Waals surface area contributed by atoms with Gasteiger partial charge in [-0.3, -0.25) is 4.79 Å². The van der Waals surface area contributed by atoms with Gasteiger partial charge in [-0.15, -0.1) is 0 Å². The highest BCUT2D eigenvalue weighted by atomic mass is 32.2. The van der Waals surface area contributed by atoms with Crippen molar-refractivity contribution in [2.45, 2.75) is 38.4 Å². The van der Waals surface area contributed by atoms with Crippen LogP contribution < -0.4 is 0 Å². The highest BCUT2D eigenvalue weighted by Gasteiger charge is 2.36. The molecular formula is C21H26N2O3S. The minimum absolute atomic E-state index is 0.118. The molecule has 1 fully saturated rings. The quantitative estimate of drug-likeness (QED) is 0.767. The van der Waals surface area contributed by atoms with Crippen molar-refractivity contribution in [2.75, 3.05) is 12.8 Å². The molecule has 0 aliphatic carbocycles. The summed E-state index contributed by atoms with van der Waals surface area (Å²) in [4.78, 5) is 15.2. The SMILES string of the molecule is CS(=O)(=O)N1CCCCC1C(=O)N(Cc1ccccc1)Cc1ccccc1. The van der Waals surface area contributed by atoms with Crippen molar-refractivity contribution in [2.24, 2.45) is 0 Å². The summed E-state index contributed by atoms with van der Waals surface area (Å²) in [7, 11) is -3.41. The number of rotatable bonds is 6. The molecule has 2 aromatic carbocycles. The fourth-order valence-electron chi connectivity index (χ4n) is 3.58. The zero-order valence-electron chi connectivity index (χ0n) is 15.6. The number of hydrogen-bond acceptors (Lipinski definition) is 3. The summed E-state index contributed by atoms with van der Waals surface area (Å²) in [6, 6.07) is 19.0. The molecule has 1 amide bonds. The smallest absolute Gasteiger partial charge is 0.241 e. The van der Waals surface area contributed by atoms with Crippen molar-refractivity contribution in [3.05, 3.63) is 71.8 Å². The molecule has 0 bridgehead atoms. The van der Waals surface area contributed by atoms with E-state index in [1.54, 1.807) is 4.90 Å². The molecule has 0 aromatic heterocycles. The molecule has 0 N–H and O–H groups in total. The summed E-state index contributed by atoms with van der Waals surface area (Å²) in [5.74, 6) is -0.118. The Balaban J connectivity index is 1.87. The van der Waals surface area contributed by atoms with E-state index in [2.05, 4.69) is 0 Å². The second-order valence-electron chi connectivity index (χ2n) is 7.05. The zero-order valence-corrected chi connectivity index (χ0v) is 16.4. The summed E-state index contributed by atoms with van der Waals surface area (Å²) in [6.45, 7) is 1.34. The van der Waals surface area contributed by atoms with E-state index in [1.165, 1.54) is 10.6 Å².